The molecule has 1 aliphatic rings. The average Bonchev–Trinajstić information content (AvgIpc) is 2.83. The molecule has 0 bridgehead atoms. The third kappa shape index (κ3) is 5.19. The van der Waals surface area contributed by atoms with E-state index in [2.05, 4.69) is 23.9 Å². The molecule has 1 fully saturated rings. The third-order valence-corrected chi connectivity index (χ3v) is 4.04. The Labute approximate surface area is 127 Å². The second-order valence-corrected chi connectivity index (χ2v) is 6.03. The molecule has 0 saturated carbocycles. The Hall–Kier alpha value is -1.30. The van der Waals surface area contributed by atoms with E-state index in [1.54, 1.807) is 12.1 Å². The highest BCUT2D eigenvalue weighted by Gasteiger charge is 2.22. The first-order chi connectivity index (χ1) is 10.0. The number of likely N-dealkylation sites (N-methyl/N-ethyl adjacent to an activating group) is 2. The van der Waals surface area contributed by atoms with Crippen LogP contribution in [0.2, 0.25) is 0 Å². The van der Waals surface area contributed by atoms with Crippen molar-refractivity contribution >= 4 is 5.69 Å². The van der Waals surface area contributed by atoms with E-state index >= 15 is 0 Å². The highest BCUT2D eigenvalue weighted by molar-refractivity contribution is 5.41. The smallest absolute Gasteiger partial charge is 0.119 e. The molecule has 1 saturated heterocycles. The van der Waals surface area contributed by atoms with Gasteiger partial charge in [-0.2, -0.15) is 0 Å². The van der Waals surface area contributed by atoms with Crippen LogP contribution in [0.5, 0.6) is 5.75 Å². The highest BCUT2D eigenvalue weighted by atomic mass is 16.5. The normalized spacial score (nSPS) is 20.9. The van der Waals surface area contributed by atoms with E-state index in [-0.39, 0.29) is 0 Å². The van der Waals surface area contributed by atoms with Crippen LogP contribution in [0.4, 0.5) is 5.69 Å². The maximum Gasteiger partial charge on any atom is 0.119 e. The van der Waals surface area contributed by atoms with Gasteiger partial charge in [0, 0.05) is 24.8 Å². The maximum absolute atomic E-state index is 10.1. The fraction of sp³-hybridized carbons (Fsp3) is 0.625. The zero-order valence-corrected chi connectivity index (χ0v) is 13.0. The Balaban J connectivity index is 1.68. The first-order valence-electron chi connectivity index (χ1n) is 7.60. The van der Waals surface area contributed by atoms with Gasteiger partial charge in [-0.05, 0) is 57.7 Å². The zero-order valence-electron chi connectivity index (χ0n) is 13.0. The Morgan fingerprint density at radius 2 is 2.14 bits per heavy atom. The van der Waals surface area contributed by atoms with Gasteiger partial charge in [0.1, 0.15) is 18.5 Å². The summed E-state index contributed by atoms with van der Waals surface area (Å²) in [5, 5.41) is 10.1. The number of benzene rings is 1. The lowest BCUT2D eigenvalue weighted by Gasteiger charge is -2.27. The molecule has 0 amide bonds. The predicted octanol–water partition coefficient (Wildman–Crippen LogP) is 1.03. The van der Waals surface area contributed by atoms with Gasteiger partial charge in [0.25, 0.3) is 0 Å². The van der Waals surface area contributed by atoms with Gasteiger partial charge in [-0.25, -0.2) is 0 Å². The number of likely N-dealkylation sites (tertiary alicyclic amines) is 1. The lowest BCUT2D eigenvalue weighted by molar-refractivity contribution is 0.0697. The molecule has 0 spiro atoms. The van der Waals surface area contributed by atoms with Crippen LogP contribution in [0.3, 0.4) is 0 Å². The first kappa shape index (κ1) is 16.1. The van der Waals surface area contributed by atoms with Crippen LogP contribution < -0.4 is 10.5 Å². The van der Waals surface area contributed by atoms with Gasteiger partial charge in [-0.3, -0.25) is 0 Å². The van der Waals surface area contributed by atoms with Crippen LogP contribution in [-0.4, -0.2) is 67.4 Å². The molecule has 0 radical (unpaired) electrons. The summed E-state index contributed by atoms with van der Waals surface area (Å²) in [6.45, 7) is 3.10. The van der Waals surface area contributed by atoms with Gasteiger partial charge >= 0.3 is 0 Å². The molecule has 2 unspecified atom stereocenters. The van der Waals surface area contributed by atoms with Crippen molar-refractivity contribution in [2.24, 2.45) is 0 Å². The summed E-state index contributed by atoms with van der Waals surface area (Å²) in [5.41, 5.74) is 6.33. The summed E-state index contributed by atoms with van der Waals surface area (Å²) in [6.07, 6.45) is 2.04. The molecule has 5 heteroatoms. The van der Waals surface area contributed by atoms with E-state index in [1.165, 1.54) is 19.4 Å². The molecule has 3 N–H and O–H groups in total. The molecule has 1 aromatic rings. The van der Waals surface area contributed by atoms with Gasteiger partial charge in [-0.15, -0.1) is 0 Å². The van der Waals surface area contributed by atoms with E-state index in [4.69, 9.17) is 10.5 Å². The van der Waals surface area contributed by atoms with E-state index in [9.17, 15) is 5.11 Å². The lowest BCUT2D eigenvalue weighted by Crippen LogP contribution is -2.41. The van der Waals surface area contributed by atoms with Gasteiger partial charge < -0.3 is 25.4 Å². The van der Waals surface area contributed by atoms with Crippen molar-refractivity contribution < 1.29 is 9.84 Å². The van der Waals surface area contributed by atoms with Crippen LogP contribution >= 0.6 is 0 Å². The van der Waals surface area contributed by atoms with Crippen molar-refractivity contribution in [3.8, 4) is 5.75 Å². The largest absolute Gasteiger partial charge is 0.491 e. The maximum atomic E-state index is 10.1. The van der Waals surface area contributed by atoms with Crippen molar-refractivity contribution in [2.75, 3.05) is 46.1 Å². The SMILES string of the molecule is CN(CC(O)COc1ccc(N)cc1)CC1CCCN1C. The standard InChI is InChI=1S/C16H27N3O2/c1-18(10-14-4-3-9-19(14)2)11-15(20)12-21-16-7-5-13(17)6-8-16/h5-8,14-15,20H,3-4,9-12,17H2,1-2H3. The fourth-order valence-corrected chi connectivity index (χ4v) is 2.81. The molecule has 2 rings (SSSR count). The van der Waals surface area contributed by atoms with Crippen molar-refractivity contribution in [2.45, 2.75) is 25.0 Å². The molecular weight excluding hydrogens is 266 g/mol. The van der Waals surface area contributed by atoms with Crippen molar-refractivity contribution in [1.29, 1.82) is 0 Å². The molecule has 5 nitrogen and oxygen atoms in total. The number of nitrogens with zero attached hydrogens (tertiary/aromatic N) is 2. The van der Waals surface area contributed by atoms with Crippen molar-refractivity contribution in [1.82, 2.24) is 9.80 Å². The molecule has 21 heavy (non-hydrogen) atoms. The number of aliphatic hydroxyl groups excluding tert-OH is 1. The van der Waals surface area contributed by atoms with E-state index in [1.807, 2.05) is 12.1 Å². The summed E-state index contributed by atoms with van der Waals surface area (Å²) in [4.78, 5) is 4.58. The quantitative estimate of drug-likeness (QED) is 0.735. The number of ether oxygens (including phenoxy) is 1. The number of aliphatic hydroxyl groups is 1. The lowest BCUT2D eigenvalue weighted by atomic mass is 10.2. The summed E-state index contributed by atoms with van der Waals surface area (Å²) >= 11 is 0. The zero-order chi connectivity index (χ0) is 15.2. The first-order valence-corrected chi connectivity index (χ1v) is 7.60. The van der Waals surface area contributed by atoms with Gasteiger partial charge in [0.15, 0.2) is 0 Å². The van der Waals surface area contributed by atoms with Crippen LogP contribution in [-0.2, 0) is 0 Å². The predicted molar refractivity (Wildman–Crippen MR) is 85.5 cm³/mol. The van der Waals surface area contributed by atoms with E-state index in [0.717, 1.165) is 12.3 Å². The van der Waals surface area contributed by atoms with Crippen LogP contribution in [0.1, 0.15) is 12.8 Å². The van der Waals surface area contributed by atoms with Gasteiger partial charge in [-0.1, -0.05) is 0 Å². The minimum Gasteiger partial charge on any atom is -0.491 e. The fourth-order valence-electron chi connectivity index (χ4n) is 2.81. The van der Waals surface area contributed by atoms with Crippen LogP contribution in [0.15, 0.2) is 24.3 Å². The molecular formula is C16H27N3O2. The Morgan fingerprint density at radius 1 is 1.43 bits per heavy atom. The second kappa shape index (κ2) is 7.64. The average molecular weight is 293 g/mol. The highest BCUT2D eigenvalue weighted by Crippen LogP contribution is 2.16. The monoisotopic (exact) mass is 293 g/mol. The molecule has 0 aliphatic carbocycles. The molecule has 1 aromatic carbocycles. The Morgan fingerprint density at radius 3 is 2.76 bits per heavy atom. The number of hydrogen-bond donors (Lipinski definition) is 2. The number of rotatable bonds is 7. The molecule has 118 valence electrons. The molecule has 0 aromatic heterocycles. The van der Waals surface area contributed by atoms with Crippen molar-refractivity contribution in [3.05, 3.63) is 24.3 Å². The third-order valence-electron chi connectivity index (χ3n) is 4.04. The van der Waals surface area contributed by atoms with Crippen LogP contribution in [0.25, 0.3) is 0 Å². The molecule has 1 aliphatic heterocycles. The minimum absolute atomic E-state index is 0.300. The number of anilines is 1. The summed E-state index contributed by atoms with van der Waals surface area (Å²) in [7, 11) is 4.23. The van der Waals surface area contributed by atoms with E-state index < -0.39 is 6.10 Å². The Kier molecular flexibility index (Phi) is 5.85. The second-order valence-electron chi connectivity index (χ2n) is 6.03. The van der Waals surface area contributed by atoms with Gasteiger partial charge in [0.05, 0.1) is 0 Å². The van der Waals surface area contributed by atoms with Crippen molar-refractivity contribution in [3.63, 3.8) is 0 Å². The number of hydrogen-bond acceptors (Lipinski definition) is 5. The van der Waals surface area contributed by atoms with E-state index in [0.29, 0.717) is 24.9 Å². The topological polar surface area (TPSA) is 62.0 Å². The Bertz CT molecular complexity index is 424. The molecule has 2 atom stereocenters. The molecule has 1 heterocycles. The summed E-state index contributed by atoms with van der Waals surface area (Å²) in [6, 6.07) is 7.84. The van der Waals surface area contributed by atoms with Gasteiger partial charge in [0.2, 0.25) is 0 Å². The summed E-state index contributed by atoms with van der Waals surface area (Å²) < 4.78 is 5.57. The van der Waals surface area contributed by atoms with Crippen LogP contribution in [0, 0.1) is 0 Å². The minimum atomic E-state index is -0.487. The number of nitrogen functional groups attached to an aromatic ring is 1. The number of nitrogens with two attached hydrogens (primary N) is 1. The summed E-state index contributed by atoms with van der Waals surface area (Å²) in [5.74, 6) is 0.737.